The van der Waals surface area contributed by atoms with Gasteiger partial charge in [-0.05, 0) is 43.0 Å². The van der Waals surface area contributed by atoms with Gasteiger partial charge >= 0.3 is 0 Å². The highest BCUT2D eigenvalue weighted by Crippen LogP contribution is 2.30. The van der Waals surface area contributed by atoms with Gasteiger partial charge < -0.3 is 5.73 Å². The molecule has 20 heavy (non-hydrogen) atoms. The van der Waals surface area contributed by atoms with Crippen molar-refractivity contribution in [1.82, 2.24) is 0 Å². The van der Waals surface area contributed by atoms with Crippen LogP contribution in [0.25, 0.3) is 0 Å². The second-order valence-electron chi connectivity index (χ2n) is 5.12. The summed E-state index contributed by atoms with van der Waals surface area (Å²) in [5.41, 5.74) is 9.33. The summed E-state index contributed by atoms with van der Waals surface area (Å²) < 4.78 is 14.0. The van der Waals surface area contributed by atoms with Crippen LogP contribution in [0.4, 0.5) is 4.39 Å². The van der Waals surface area contributed by atoms with Crippen molar-refractivity contribution in [2.45, 2.75) is 37.0 Å². The molecule has 0 saturated carbocycles. The Morgan fingerprint density at radius 1 is 1.10 bits per heavy atom. The quantitative estimate of drug-likeness (QED) is 0.830. The standard InChI is InChI=1S/C17H20FNS/c1-12-6-3-4-7-15(12)11-20-17-14(10-13(2)19)8-5-9-16(17)18/h3-9,13H,10-11,19H2,1-2H3. The first-order chi connectivity index (χ1) is 9.58. The van der Waals surface area contributed by atoms with Gasteiger partial charge in [-0.15, -0.1) is 11.8 Å². The molecular formula is C17H20FNS. The van der Waals surface area contributed by atoms with Crippen LogP contribution in [0.1, 0.15) is 23.6 Å². The molecule has 0 aromatic heterocycles. The minimum Gasteiger partial charge on any atom is -0.328 e. The van der Waals surface area contributed by atoms with E-state index in [0.29, 0.717) is 6.42 Å². The number of aryl methyl sites for hydroxylation is 1. The lowest BCUT2D eigenvalue weighted by molar-refractivity contribution is 0.592. The third-order valence-corrected chi connectivity index (χ3v) is 4.42. The van der Waals surface area contributed by atoms with E-state index in [4.69, 9.17) is 5.73 Å². The zero-order valence-corrected chi connectivity index (χ0v) is 12.7. The highest BCUT2D eigenvalue weighted by molar-refractivity contribution is 7.98. The Hall–Kier alpha value is -1.32. The summed E-state index contributed by atoms with van der Waals surface area (Å²) in [6.07, 6.45) is 0.702. The van der Waals surface area contributed by atoms with Crippen LogP contribution in [-0.4, -0.2) is 6.04 Å². The lowest BCUT2D eigenvalue weighted by Crippen LogP contribution is -2.18. The first kappa shape index (κ1) is 15.1. The summed E-state index contributed by atoms with van der Waals surface area (Å²) >= 11 is 1.55. The van der Waals surface area contributed by atoms with Crippen molar-refractivity contribution >= 4 is 11.8 Å². The number of benzene rings is 2. The molecule has 0 spiro atoms. The predicted molar refractivity (Wildman–Crippen MR) is 84.5 cm³/mol. The van der Waals surface area contributed by atoms with Crippen LogP contribution < -0.4 is 5.73 Å². The van der Waals surface area contributed by atoms with E-state index in [1.165, 1.54) is 17.2 Å². The van der Waals surface area contributed by atoms with E-state index in [0.717, 1.165) is 16.2 Å². The summed E-state index contributed by atoms with van der Waals surface area (Å²) in [7, 11) is 0. The van der Waals surface area contributed by atoms with Gasteiger partial charge in [-0.3, -0.25) is 0 Å². The molecule has 0 aliphatic rings. The van der Waals surface area contributed by atoms with Gasteiger partial charge in [-0.25, -0.2) is 4.39 Å². The number of halogens is 1. The molecule has 0 heterocycles. The SMILES string of the molecule is Cc1ccccc1CSc1c(F)cccc1CC(C)N. The van der Waals surface area contributed by atoms with Crippen molar-refractivity contribution in [1.29, 1.82) is 0 Å². The fourth-order valence-corrected chi connectivity index (χ4v) is 3.31. The smallest absolute Gasteiger partial charge is 0.137 e. The van der Waals surface area contributed by atoms with Crippen molar-refractivity contribution in [3.63, 3.8) is 0 Å². The van der Waals surface area contributed by atoms with Crippen molar-refractivity contribution in [3.8, 4) is 0 Å². The fourth-order valence-electron chi connectivity index (χ4n) is 2.14. The highest BCUT2D eigenvalue weighted by atomic mass is 32.2. The average molecular weight is 289 g/mol. The second kappa shape index (κ2) is 6.91. The van der Waals surface area contributed by atoms with Crippen molar-refractivity contribution < 1.29 is 4.39 Å². The number of hydrogen-bond acceptors (Lipinski definition) is 2. The van der Waals surface area contributed by atoms with Crippen molar-refractivity contribution in [3.05, 3.63) is 65.0 Å². The molecule has 1 atom stereocenters. The van der Waals surface area contributed by atoms with Crippen molar-refractivity contribution in [2.24, 2.45) is 5.73 Å². The van der Waals surface area contributed by atoms with E-state index in [1.807, 2.05) is 25.1 Å². The summed E-state index contributed by atoms with van der Waals surface area (Å²) in [4.78, 5) is 0.730. The first-order valence-corrected chi connectivity index (χ1v) is 7.76. The number of rotatable bonds is 5. The molecule has 0 radical (unpaired) electrons. The van der Waals surface area contributed by atoms with E-state index >= 15 is 0 Å². The average Bonchev–Trinajstić information content (AvgIpc) is 2.39. The molecule has 3 heteroatoms. The molecule has 0 aliphatic carbocycles. The highest BCUT2D eigenvalue weighted by Gasteiger charge is 2.11. The van der Waals surface area contributed by atoms with Crippen LogP contribution in [0, 0.1) is 12.7 Å². The fraction of sp³-hybridized carbons (Fsp3) is 0.294. The third-order valence-electron chi connectivity index (χ3n) is 3.22. The summed E-state index contributed by atoms with van der Waals surface area (Å²) in [5.74, 6) is 0.626. The summed E-state index contributed by atoms with van der Waals surface area (Å²) in [5, 5.41) is 0. The third kappa shape index (κ3) is 3.84. The Bertz CT molecular complexity index is 581. The van der Waals surface area contributed by atoms with Crippen LogP contribution in [0.15, 0.2) is 47.4 Å². The lowest BCUT2D eigenvalue weighted by Gasteiger charge is -2.13. The second-order valence-corrected chi connectivity index (χ2v) is 6.11. The van der Waals surface area contributed by atoms with Gasteiger partial charge in [-0.1, -0.05) is 36.4 Å². The largest absolute Gasteiger partial charge is 0.328 e. The van der Waals surface area contributed by atoms with Gasteiger partial charge in [-0.2, -0.15) is 0 Å². The minimum absolute atomic E-state index is 0.0367. The molecule has 0 bridgehead atoms. The molecule has 2 rings (SSSR count). The molecule has 0 amide bonds. The summed E-state index contributed by atoms with van der Waals surface area (Å²) in [6.45, 7) is 4.03. The van der Waals surface area contributed by atoms with Crippen LogP contribution in [0.3, 0.4) is 0 Å². The summed E-state index contributed by atoms with van der Waals surface area (Å²) in [6, 6.07) is 13.5. The zero-order valence-electron chi connectivity index (χ0n) is 11.9. The maximum absolute atomic E-state index is 14.0. The number of thioether (sulfide) groups is 1. The molecule has 2 N–H and O–H groups in total. The van der Waals surface area contributed by atoms with Crippen LogP contribution >= 0.6 is 11.8 Å². The van der Waals surface area contributed by atoms with Gasteiger partial charge in [0, 0.05) is 16.7 Å². The predicted octanol–water partition coefficient (Wildman–Crippen LogP) is 4.32. The van der Waals surface area contributed by atoms with Crippen LogP contribution in [0.2, 0.25) is 0 Å². The first-order valence-electron chi connectivity index (χ1n) is 6.78. The van der Waals surface area contributed by atoms with Gasteiger partial charge in [0.25, 0.3) is 0 Å². The Labute approximate surface area is 124 Å². The van der Waals surface area contributed by atoms with E-state index in [9.17, 15) is 4.39 Å². The van der Waals surface area contributed by atoms with E-state index in [2.05, 4.69) is 19.1 Å². The van der Waals surface area contributed by atoms with Gasteiger partial charge in [0.05, 0.1) is 0 Å². The van der Waals surface area contributed by atoms with Gasteiger partial charge in [0.2, 0.25) is 0 Å². The Kier molecular flexibility index (Phi) is 5.21. The minimum atomic E-state index is -0.151. The number of nitrogens with two attached hydrogens (primary N) is 1. The normalized spacial score (nSPS) is 12.4. The maximum atomic E-state index is 14.0. The van der Waals surface area contributed by atoms with E-state index in [1.54, 1.807) is 17.8 Å². The molecule has 106 valence electrons. The Balaban J connectivity index is 2.18. The zero-order chi connectivity index (χ0) is 14.5. The Morgan fingerprint density at radius 3 is 2.50 bits per heavy atom. The molecule has 0 aliphatic heterocycles. The molecule has 2 aromatic rings. The molecule has 2 aromatic carbocycles. The van der Waals surface area contributed by atoms with E-state index in [-0.39, 0.29) is 11.9 Å². The monoisotopic (exact) mass is 289 g/mol. The topological polar surface area (TPSA) is 26.0 Å². The van der Waals surface area contributed by atoms with Crippen LogP contribution in [0.5, 0.6) is 0 Å². The van der Waals surface area contributed by atoms with E-state index < -0.39 is 0 Å². The number of hydrogen-bond donors (Lipinski definition) is 1. The van der Waals surface area contributed by atoms with Crippen molar-refractivity contribution in [2.75, 3.05) is 0 Å². The molecular weight excluding hydrogens is 269 g/mol. The Morgan fingerprint density at radius 2 is 1.80 bits per heavy atom. The molecule has 1 nitrogen and oxygen atoms in total. The molecule has 0 fully saturated rings. The molecule has 0 saturated heterocycles. The molecule has 1 unspecified atom stereocenters. The maximum Gasteiger partial charge on any atom is 0.137 e. The van der Waals surface area contributed by atoms with Gasteiger partial charge in [0.15, 0.2) is 0 Å². The van der Waals surface area contributed by atoms with Crippen LogP contribution in [-0.2, 0) is 12.2 Å². The van der Waals surface area contributed by atoms with Gasteiger partial charge in [0.1, 0.15) is 5.82 Å². The lowest BCUT2D eigenvalue weighted by atomic mass is 10.1.